The number of aliphatic imine (C=N–C) groups is 1. The Morgan fingerprint density at radius 1 is 1.18 bits per heavy atom. The van der Waals surface area contributed by atoms with Gasteiger partial charge in [-0.05, 0) is 51.8 Å². The summed E-state index contributed by atoms with van der Waals surface area (Å²) in [6.45, 7) is 5.45. The number of methoxy groups -OCH3 is 2. The summed E-state index contributed by atoms with van der Waals surface area (Å²) in [5, 5.41) is 0. The number of ether oxygens (including phenoxy) is 3. The highest BCUT2D eigenvalue weighted by atomic mass is 16.5. The Balaban J connectivity index is 2.21. The van der Waals surface area contributed by atoms with E-state index < -0.39 is 11.8 Å². The molecule has 0 amide bonds. The first kappa shape index (κ1) is 20.1. The Hall–Kier alpha value is -2.63. The average Bonchev–Trinajstić information content (AvgIpc) is 2.65. The number of carbonyl (C=O) groups excluding carboxylic acids is 2. The number of nitrogens with zero attached hydrogens (tertiary/aromatic N) is 1. The molecule has 1 aromatic carbocycles. The molecule has 0 saturated carbocycles. The normalized spacial score (nSPS) is 21.9. The maximum absolute atomic E-state index is 13.0. The molecular weight excluding hydrogens is 358 g/mol. The van der Waals surface area contributed by atoms with E-state index in [4.69, 9.17) is 14.2 Å². The number of ketones is 1. The van der Waals surface area contributed by atoms with Gasteiger partial charge in [0.1, 0.15) is 17.4 Å². The molecule has 1 aliphatic heterocycles. The van der Waals surface area contributed by atoms with Crippen LogP contribution in [0.1, 0.15) is 51.5 Å². The van der Waals surface area contributed by atoms with Crippen LogP contribution in [0, 0.1) is 5.92 Å². The molecule has 0 bridgehead atoms. The van der Waals surface area contributed by atoms with Gasteiger partial charge >= 0.3 is 5.97 Å². The molecule has 6 nitrogen and oxygen atoms in total. The molecule has 6 heteroatoms. The number of carbonyl (C=O) groups is 2. The van der Waals surface area contributed by atoms with Crippen LogP contribution in [0.3, 0.4) is 0 Å². The van der Waals surface area contributed by atoms with Crippen molar-refractivity contribution in [3.8, 4) is 11.5 Å². The van der Waals surface area contributed by atoms with E-state index >= 15 is 0 Å². The molecular formula is C22H27NO5. The Morgan fingerprint density at radius 2 is 1.93 bits per heavy atom. The summed E-state index contributed by atoms with van der Waals surface area (Å²) in [5.41, 5.74) is 2.78. The Bertz CT molecular complexity index is 852. The van der Waals surface area contributed by atoms with E-state index in [2.05, 4.69) is 4.99 Å². The number of allylic oxidation sites excluding steroid dienone is 2. The van der Waals surface area contributed by atoms with E-state index in [1.165, 1.54) is 0 Å². The molecule has 1 aliphatic carbocycles. The molecule has 0 spiro atoms. The third-order valence-electron chi connectivity index (χ3n) is 5.21. The van der Waals surface area contributed by atoms with E-state index in [1.54, 1.807) is 26.4 Å². The number of esters is 1. The van der Waals surface area contributed by atoms with Crippen LogP contribution >= 0.6 is 0 Å². The predicted octanol–water partition coefficient (Wildman–Crippen LogP) is 3.84. The van der Waals surface area contributed by atoms with E-state index in [0.717, 1.165) is 24.1 Å². The lowest BCUT2D eigenvalue weighted by Gasteiger charge is -2.35. The minimum atomic E-state index is -0.677. The van der Waals surface area contributed by atoms with Gasteiger partial charge in [0.05, 0.1) is 20.3 Å². The summed E-state index contributed by atoms with van der Waals surface area (Å²) in [5.74, 6) is -0.281. The smallest absolute Gasteiger partial charge is 0.315 e. The second-order valence-corrected chi connectivity index (χ2v) is 7.44. The molecule has 150 valence electrons. The molecule has 1 unspecified atom stereocenters. The van der Waals surface area contributed by atoms with Gasteiger partial charge in [0, 0.05) is 34.9 Å². The van der Waals surface area contributed by atoms with Crippen LogP contribution in [0.2, 0.25) is 0 Å². The quantitative estimate of drug-likeness (QED) is 0.720. The molecule has 2 aliphatic rings. The second kappa shape index (κ2) is 8.17. The van der Waals surface area contributed by atoms with Crippen LogP contribution in [-0.2, 0) is 14.3 Å². The van der Waals surface area contributed by atoms with Crippen molar-refractivity contribution in [1.29, 1.82) is 0 Å². The van der Waals surface area contributed by atoms with E-state index in [9.17, 15) is 9.59 Å². The van der Waals surface area contributed by atoms with E-state index in [0.29, 0.717) is 29.2 Å². The summed E-state index contributed by atoms with van der Waals surface area (Å²) in [6.07, 6.45) is 1.71. The highest BCUT2D eigenvalue weighted by molar-refractivity contribution is 6.09. The number of hydrogen-bond acceptors (Lipinski definition) is 6. The largest absolute Gasteiger partial charge is 0.497 e. The maximum atomic E-state index is 13.0. The topological polar surface area (TPSA) is 74.2 Å². The molecule has 28 heavy (non-hydrogen) atoms. The molecule has 0 aromatic heterocycles. The monoisotopic (exact) mass is 385 g/mol. The Morgan fingerprint density at radius 3 is 2.57 bits per heavy atom. The van der Waals surface area contributed by atoms with Crippen molar-refractivity contribution in [2.75, 3.05) is 14.2 Å². The van der Waals surface area contributed by atoms with E-state index in [1.807, 2.05) is 26.8 Å². The summed E-state index contributed by atoms with van der Waals surface area (Å²) >= 11 is 0. The predicted molar refractivity (Wildman–Crippen MR) is 106 cm³/mol. The fourth-order valence-corrected chi connectivity index (χ4v) is 4.04. The van der Waals surface area contributed by atoms with Crippen LogP contribution < -0.4 is 9.47 Å². The number of rotatable bonds is 5. The van der Waals surface area contributed by atoms with Crippen LogP contribution in [0.15, 0.2) is 34.5 Å². The molecule has 0 N–H and O–H groups in total. The lowest BCUT2D eigenvalue weighted by molar-refractivity contribution is -0.150. The zero-order valence-corrected chi connectivity index (χ0v) is 17.1. The van der Waals surface area contributed by atoms with Gasteiger partial charge in [-0.25, -0.2) is 0 Å². The molecule has 0 radical (unpaired) electrons. The minimum absolute atomic E-state index is 0.0368. The summed E-state index contributed by atoms with van der Waals surface area (Å²) < 4.78 is 16.5. The molecule has 0 saturated heterocycles. The first-order valence-corrected chi connectivity index (χ1v) is 9.61. The minimum Gasteiger partial charge on any atom is -0.497 e. The average molecular weight is 385 g/mol. The van der Waals surface area contributed by atoms with Crippen molar-refractivity contribution in [2.24, 2.45) is 10.9 Å². The van der Waals surface area contributed by atoms with Gasteiger partial charge in [-0.3, -0.25) is 14.6 Å². The van der Waals surface area contributed by atoms with Gasteiger partial charge in [0.25, 0.3) is 0 Å². The third-order valence-corrected chi connectivity index (χ3v) is 5.21. The van der Waals surface area contributed by atoms with Gasteiger partial charge < -0.3 is 14.2 Å². The van der Waals surface area contributed by atoms with Crippen LogP contribution in [0.25, 0.3) is 0 Å². The SMILES string of the molecule is COc1ccc(OC)c([C@@H]2C3=C(CCCC3=O)N=C(C)C2C(=O)OC(C)C)c1. The lowest BCUT2D eigenvalue weighted by atomic mass is 9.71. The zero-order valence-electron chi connectivity index (χ0n) is 17.1. The van der Waals surface area contributed by atoms with Crippen LogP contribution in [-0.4, -0.2) is 37.8 Å². The van der Waals surface area contributed by atoms with Crippen molar-refractivity contribution in [1.82, 2.24) is 0 Å². The zero-order chi connectivity index (χ0) is 20.4. The Kier molecular flexibility index (Phi) is 5.87. The van der Waals surface area contributed by atoms with Crippen molar-refractivity contribution in [3.63, 3.8) is 0 Å². The van der Waals surface area contributed by atoms with Crippen LogP contribution in [0.4, 0.5) is 0 Å². The maximum Gasteiger partial charge on any atom is 0.315 e. The van der Waals surface area contributed by atoms with Gasteiger partial charge in [0.15, 0.2) is 5.78 Å². The standard InChI is InChI=1S/C22H27NO5/c1-12(2)28-22(25)19-13(3)23-16-7-6-8-17(24)21(16)20(19)15-11-14(26-4)9-10-18(15)27-5/h9-12,19-20H,6-8H2,1-5H3/t19?,20-/m0/s1. The first-order valence-electron chi connectivity index (χ1n) is 9.61. The lowest BCUT2D eigenvalue weighted by Crippen LogP contribution is -2.38. The highest BCUT2D eigenvalue weighted by Crippen LogP contribution is 2.47. The van der Waals surface area contributed by atoms with Gasteiger partial charge in [-0.1, -0.05) is 0 Å². The van der Waals surface area contributed by atoms with Crippen molar-refractivity contribution < 1.29 is 23.8 Å². The number of benzene rings is 1. The Labute approximate surface area is 165 Å². The summed E-state index contributed by atoms with van der Waals surface area (Å²) in [4.78, 5) is 30.6. The third kappa shape index (κ3) is 3.68. The second-order valence-electron chi connectivity index (χ2n) is 7.44. The number of hydrogen-bond donors (Lipinski definition) is 0. The summed E-state index contributed by atoms with van der Waals surface area (Å²) in [6, 6.07) is 5.43. The van der Waals surface area contributed by atoms with Crippen molar-refractivity contribution >= 4 is 17.5 Å². The molecule has 1 heterocycles. The fraction of sp³-hybridized carbons (Fsp3) is 0.500. The van der Waals surface area contributed by atoms with Crippen LogP contribution in [0.5, 0.6) is 11.5 Å². The molecule has 1 aromatic rings. The van der Waals surface area contributed by atoms with E-state index in [-0.39, 0.29) is 17.9 Å². The van der Waals surface area contributed by atoms with Gasteiger partial charge in [-0.2, -0.15) is 0 Å². The number of Topliss-reactive ketones (excluding diaryl/α,β-unsaturated/α-hetero) is 1. The fourth-order valence-electron chi connectivity index (χ4n) is 4.04. The first-order chi connectivity index (χ1) is 13.4. The molecule has 2 atom stereocenters. The van der Waals surface area contributed by atoms with Crippen molar-refractivity contribution in [3.05, 3.63) is 35.0 Å². The molecule has 3 rings (SSSR count). The molecule has 0 fully saturated rings. The van der Waals surface area contributed by atoms with Crippen molar-refractivity contribution in [2.45, 2.75) is 52.1 Å². The highest BCUT2D eigenvalue weighted by Gasteiger charge is 2.44. The van der Waals surface area contributed by atoms with Gasteiger partial charge in [0.2, 0.25) is 0 Å². The van der Waals surface area contributed by atoms with Gasteiger partial charge in [-0.15, -0.1) is 0 Å². The summed E-state index contributed by atoms with van der Waals surface area (Å²) in [7, 11) is 3.16.